The summed E-state index contributed by atoms with van der Waals surface area (Å²) < 4.78 is 0. The minimum Gasteiger partial charge on any atom is -0.396 e. The fourth-order valence-corrected chi connectivity index (χ4v) is 1.07. The summed E-state index contributed by atoms with van der Waals surface area (Å²) in [5.74, 6) is 0.895. The van der Waals surface area contributed by atoms with Gasteiger partial charge in [-0.1, -0.05) is 12.8 Å². The molecule has 3 N–H and O–H groups in total. The van der Waals surface area contributed by atoms with Gasteiger partial charge in [0.1, 0.15) is 0 Å². The first-order chi connectivity index (χ1) is 4.33. The van der Waals surface area contributed by atoms with Crippen molar-refractivity contribution in [2.75, 3.05) is 6.61 Å². The highest BCUT2D eigenvalue weighted by Gasteiger charge is 2.23. The standard InChI is InChI=1S/C7H15NO/c8-7(3-4-9)5-6-1-2-6/h6-7,9H,1-5,8H2/t7-/m1/s1. The smallest absolute Gasteiger partial charge is 0.0445 e. The van der Waals surface area contributed by atoms with Gasteiger partial charge in [0, 0.05) is 12.6 Å². The van der Waals surface area contributed by atoms with Crippen LogP contribution in [0.25, 0.3) is 0 Å². The summed E-state index contributed by atoms with van der Waals surface area (Å²) in [7, 11) is 0. The van der Waals surface area contributed by atoms with Crippen LogP contribution in [-0.2, 0) is 0 Å². The Balaban J connectivity index is 1.95. The molecule has 0 unspecified atom stereocenters. The summed E-state index contributed by atoms with van der Waals surface area (Å²) in [6, 6.07) is 0.252. The monoisotopic (exact) mass is 129 g/mol. The molecule has 0 radical (unpaired) electrons. The molecule has 0 aromatic rings. The molecule has 1 fully saturated rings. The first kappa shape index (κ1) is 7.03. The van der Waals surface area contributed by atoms with Crippen LogP contribution in [0.15, 0.2) is 0 Å². The van der Waals surface area contributed by atoms with Crippen molar-refractivity contribution in [3.05, 3.63) is 0 Å². The second kappa shape index (κ2) is 3.18. The zero-order valence-corrected chi connectivity index (χ0v) is 5.71. The van der Waals surface area contributed by atoms with Gasteiger partial charge >= 0.3 is 0 Å². The molecule has 9 heavy (non-hydrogen) atoms. The number of rotatable bonds is 4. The highest BCUT2D eigenvalue weighted by atomic mass is 16.3. The zero-order valence-electron chi connectivity index (χ0n) is 5.71. The lowest BCUT2D eigenvalue weighted by atomic mass is 10.1. The fraction of sp³-hybridized carbons (Fsp3) is 1.00. The molecule has 2 heteroatoms. The van der Waals surface area contributed by atoms with Crippen LogP contribution in [0.3, 0.4) is 0 Å². The molecule has 0 heterocycles. The number of hydrogen-bond donors (Lipinski definition) is 2. The Morgan fingerprint density at radius 2 is 2.22 bits per heavy atom. The van der Waals surface area contributed by atoms with E-state index >= 15 is 0 Å². The van der Waals surface area contributed by atoms with Gasteiger partial charge in [0.15, 0.2) is 0 Å². The van der Waals surface area contributed by atoms with Gasteiger partial charge < -0.3 is 10.8 Å². The van der Waals surface area contributed by atoms with Gasteiger partial charge in [-0.25, -0.2) is 0 Å². The molecule has 1 saturated carbocycles. The van der Waals surface area contributed by atoms with Crippen LogP contribution in [-0.4, -0.2) is 17.8 Å². The minimum absolute atomic E-state index is 0.244. The summed E-state index contributed by atoms with van der Waals surface area (Å²) >= 11 is 0. The third-order valence-corrected chi connectivity index (χ3v) is 1.83. The molecule has 0 aromatic heterocycles. The molecule has 2 nitrogen and oxygen atoms in total. The van der Waals surface area contributed by atoms with Gasteiger partial charge in [0.2, 0.25) is 0 Å². The summed E-state index contributed by atoms with van der Waals surface area (Å²) in [4.78, 5) is 0. The van der Waals surface area contributed by atoms with Crippen LogP contribution in [0, 0.1) is 5.92 Å². The van der Waals surface area contributed by atoms with Crippen molar-refractivity contribution in [1.82, 2.24) is 0 Å². The van der Waals surface area contributed by atoms with Crippen molar-refractivity contribution in [3.63, 3.8) is 0 Å². The lowest BCUT2D eigenvalue weighted by Crippen LogP contribution is -2.21. The van der Waals surface area contributed by atoms with Crippen LogP contribution in [0.4, 0.5) is 0 Å². The van der Waals surface area contributed by atoms with E-state index < -0.39 is 0 Å². The lowest BCUT2D eigenvalue weighted by Gasteiger charge is -2.06. The van der Waals surface area contributed by atoms with Crippen LogP contribution in [0.1, 0.15) is 25.7 Å². The molecular weight excluding hydrogens is 114 g/mol. The molecule has 0 spiro atoms. The second-order valence-electron chi connectivity index (χ2n) is 2.95. The second-order valence-corrected chi connectivity index (χ2v) is 2.95. The van der Waals surface area contributed by atoms with Gasteiger partial charge in [-0.15, -0.1) is 0 Å². The molecule has 54 valence electrons. The van der Waals surface area contributed by atoms with Crippen molar-refractivity contribution >= 4 is 0 Å². The van der Waals surface area contributed by atoms with Crippen LogP contribution in [0.2, 0.25) is 0 Å². The third-order valence-electron chi connectivity index (χ3n) is 1.83. The first-order valence-corrected chi connectivity index (χ1v) is 3.69. The Morgan fingerprint density at radius 1 is 1.56 bits per heavy atom. The average molecular weight is 129 g/mol. The van der Waals surface area contributed by atoms with E-state index in [4.69, 9.17) is 10.8 Å². The highest BCUT2D eigenvalue weighted by molar-refractivity contribution is 4.77. The normalized spacial score (nSPS) is 22.0. The van der Waals surface area contributed by atoms with E-state index in [9.17, 15) is 0 Å². The van der Waals surface area contributed by atoms with Crippen molar-refractivity contribution < 1.29 is 5.11 Å². The number of hydrogen-bond acceptors (Lipinski definition) is 2. The minimum atomic E-state index is 0.244. The maximum Gasteiger partial charge on any atom is 0.0445 e. The fourth-order valence-electron chi connectivity index (χ4n) is 1.07. The molecule has 1 atom stereocenters. The molecule has 0 bridgehead atoms. The molecule has 1 rings (SSSR count). The summed E-state index contributed by atoms with van der Waals surface area (Å²) in [6.45, 7) is 0.244. The van der Waals surface area contributed by atoms with Gasteiger partial charge in [0.05, 0.1) is 0 Å². The summed E-state index contributed by atoms with van der Waals surface area (Å²) in [6.07, 6.45) is 4.62. The number of aliphatic hydroxyl groups excluding tert-OH is 1. The molecule has 1 aliphatic carbocycles. The molecule has 0 saturated heterocycles. The van der Waals surface area contributed by atoms with Crippen LogP contribution < -0.4 is 5.73 Å². The molecule has 0 aliphatic heterocycles. The Bertz CT molecular complexity index is 81.0. The molecule has 0 amide bonds. The third kappa shape index (κ3) is 2.82. The Hall–Kier alpha value is -0.0800. The maximum absolute atomic E-state index is 8.49. The number of nitrogens with two attached hydrogens (primary N) is 1. The zero-order chi connectivity index (χ0) is 6.69. The van der Waals surface area contributed by atoms with E-state index in [1.165, 1.54) is 12.8 Å². The van der Waals surface area contributed by atoms with E-state index in [2.05, 4.69) is 0 Å². The van der Waals surface area contributed by atoms with Crippen LogP contribution in [0.5, 0.6) is 0 Å². The molecule has 1 aliphatic rings. The summed E-state index contributed by atoms with van der Waals surface area (Å²) in [5, 5.41) is 8.49. The van der Waals surface area contributed by atoms with Crippen molar-refractivity contribution in [3.8, 4) is 0 Å². The van der Waals surface area contributed by atoms with Gasteiger partial charge in [-0.3, -0.25) is 0 Å². The van der Waals surface area contributed by atoms with Crippen LogP contribution >= 0.6 is 0 Å². The van der Waals surface area contributed by atoms with Gasteiger partial charge in [-0.05, 0) is 18.8 Å². The first-order valence-electron chi connectivity index (χ1n) is 3.69. The quantitative estimate of drug-likeness (QED) is 0.580. The van der Waals surface area contributed by atoms with Gasteiger partial charge in [0.25, 0.3) is 0 Å². The van der Waals surface area contributed by atoms with Crippen molar-refractivity contribution in [1.29, 1.82) is 0 Å². The predicted octanol–water partition coefficient (Wildman–Crippen LogP) is 0.496. The van der Waals surface area contributed by atoms with E-state index in [1.54, 1.807) is 0 Å². The number of aliphatic hydroxyl groups is 1. The maximum atomic E-state index is 8.49. The van der Waals surface area contributed by atoms with E-state index in [1.807, 2.05) is 0 Å². The molecule has 0 aromatic carbocycles. The van der Waals surface area contributed by atoms with E-state index in [0.717, 1.165) is 18.8 Å². The van der Waals surface area contributed by atoms with E-state index in [-0.39, 0.29) is 12.6 Å². The molecular formula is C7H15NO. The predicted molar refractivity (Wildman–Crippen MR) is 37.0 cm³/mol. The highest BCUT2D eigenvalue weighted by Crippen LogP contribution is 2.33. The topological polar surface area (TPSA) is 46.2 Å². The Kier molecular flexibility index (Phi) is 2.49. The SMILES string of the molecule is N[C@H](CCO)CC1CC1. The van der Waals surface area contributed by atoms with Crippen molar-refractivity contribution in [2.45, 2.75) is 31.7 Å². The Morgan fingerprint density at radius 3 is 2.67 bits per heavy atom. The summed E-state index contributed by atoms with van der Waals surface area (Å²) in [5.41, 5.74) is 5.67. The lowest BCUT2D eigenvalue weighted by molar-refractivity contribution is 0.271. The van der Waals surface area contributed by atoms with E-state index in [0.29, 0.717) is 0 Å². The Labute approximate surface area is 56.1 Å². The largest absolute Gasteiger partial charge is 0.396 e. The average Bonchev–Trinajstić information content (AvgIpc) is 2.50. The van der Waals surface area contributed by atoms with Gasteiger partial charge in [-0.2, -0.15) is 0 Å². The van der Waals surface area contributed by atoms with Crippen molar-refractivity contribution in [2.24, 2.45) is 11.7 Å².